The molecule has 4 aliphatic rings. The minimum absolute atomic E-state index is 0.0727. The summed E-state index contributed by atoms with van der Waals surface area (Å²) in [5.41, 5.74) is -0.451. The number of ether oxygens (including phenoxy) is 3. The highest BCUT2D eigenvalue weighted by Crippen LogP contribution is 2.68. The molecule has 0 bridgehead atoms. The quantitative estimate of drug-likeness (QED) is 0.255. The van der Waals surface area contributed by atoms with E-state index in [0.29, 0.717) is 35.3 Å². The van der Waals surface area contributed by atoms with Crippen LogP contribution in [0.5, 0.6) is 11.5 Å². The van der Waals surface area contributed by atoms with Gasteiger partial charge in [-0.1, -0.05) is 25.5 Å². The number of benzene rings is 2. The number of methoxy groups -OCH3 is 1. The summed E-state index contributed by atoms with van der Waals surface area (Å²) in [5.74, 6) is 1.35. The van der Waals surface area contributed by atoms with Gasteiger partial charge in [0.15, 0.2) is 5.78 Å². The van der Waals surface area contributed by atoms with E-state index in [1.54, 1.807) is 42.1 Å². The Kier molecular flexibility index (Phi) is 7.37. The number of carbonyl (C=O) groups is 3. The predicted octanol–water partition coefficient (Wildman–Crippen LogP) is 7.58. The van der Waals surface area contributed by atoms with Crippen molar-refractivity contribution < 1.29 is 28.6 Å². The Balaban J connectivity index is 1.23. The lowest BCUT2D eigenvalue weighted by molar-refractivity contribution is -0.185. The largest absolute Gasteiger partial charge is 0.466 e. The molecule has 2 aromatic carbocycles. The molecule has 3 fully saturated rings. The monoisotopic (exact) mass is 586 g/mol. The Morgan fingerprint density at radius 3 is 2.24 bits per heavy atom. The maximum Gasteiger partial charge on any atom is 0.350 e. The number of allylic oxidation sites excluding steroid dienone is 4. The summed E-state index contributed by atoms with van der Waals surface area (Å²) in [6.45, 7) is 4.38. The molecular formula is C35H38O6S. The van der Waals surface area contributed by atoms with Gasteiger partial charge in [-0.2, -0.15) is 0 Å². The Morgan fingerprint density at radius 2 is 1.57 bits per heavy atom. The second-order valence-electron chi connectivity index (χ2n) is 12.6. The van der Waals surface area contributed by atoms with E-state index in [1.165, 1.54) is 12.7 Å². The molecule has 0 amide bonds. The van der Waals surface area contributed by atoms with Crippen molar-refractivity contribution in [1.82, 2.24) is 0 Å². The lowest BCUT2D eigenvalue weighted by atomic mass is 9.47. The van der Waals surface area contributed by atoms with Gasteiger partial charge < -0.3 is 14.2 Å². The Hall–Kier alpha value is -3.32. The Morgan fingerprint density at radius 1 is 0.905 bits per heavy atom. The third-order valence-electron chi connectivity index (χ3n) is 10.8. The van der Waals surface area contributed by atoms with Crippen molar-refractivity contribution in [3.8, 4) is 11.5 Å². The maximum atomic E-state index is 13.6. The van der Waals surface area contributed by atoms with E-state index in [2.05, 4.69) is 19.9 Å². The molecule has 0 N–H and O–H groups in total. The van der Waals surface area contributed by atoms with Crippen LogP contribution in [0.25, 0.3) is 0 Å². The van der Waals surface area contributed by atoms with Gasteiger partial charge in [-0.3, -0.25) is 4.79 Å². The molecule has 1 unspecified atom stereocenters. The molecule has 2 aromatic rings. The third kappa shape index (κ3) is 4.52. The second-order valence-corrected chi connectivity index (χ2v) is 13.5. The highest BCUT2D eigenvalue weighted by atomic mass is 32.2. The molecule has 6 rings (SSSR count). The van der Waals surface area contributed by atoms with Gasteiger partial charge in [-0.25, -0.2) is 9.59 Å². The van der Waals surface area contributed by atoms with Gasteiger partial charge in [0.25, 0.3) is 0 Å². The maximum absolute atomic E-state index is 13.6. The zero-order valence-electron chi connectivity index (χ0n) is 24.7. The van der Waals surface area contributed by atoms with Crippen molar-refractivity contribution in [3.63, 3.8) is 0 Å². The second kappa shape index (κ2) is 10.7. The van der Waals surface area contributed by atoms with Gasteiger partial charge >= 0.3 is 11.9 Å². The normalized spacial score (nSPS) is 33.1. The molecule has 220 valence electrons. The van der Waals surface area contributed by atoms with E-state index in [9.17, 15) is 14.4 Å². The molecule has 4 aliphatic carbocycles. The van der Waals surface area contributed by atoms with E-state index in [4.69, 9.17) is 14.2 Å². The summed E-state index contributed by atoms with van der Waals surface area (Å²) in [7, 11) is 1.38. The van der Waals surface area contributed by atoms with Crippen LogP contribution in [0.4, 0.5) is 0 Å². The van der Waals surface area contributed by atoms with Crippen LogP contribution in [-0.4, -0.2) is 36.7 Å². The van der Waals surface area contributed by atoms with Crippen molar-refractivity contribution >= 4 is 29.5 Å². The van der Waals surface area contributed by atoms with Crippen molar-refractivity contribution in [2.75, 3.05) is 13.4 Å². The minimum Gasteiger partial charge on any atom is -0.466 e. The molecular weight excluding hydrogens is 548 g/mol. The highest BCUT2D eigenvalue weighted by Gasteiger charge is 2.69. The average Bonchev–Trinajstić information content (AvgIpc) is 3.30. The molecule has 3 saturated carbocycles. The molecule has 6 nitrogen and oxygen atoms in total. The fourth-order valence-electron chi connectivity index (χ4n) is 8.56. The summed E-state index contributed by atoms with van der Waals surface area (Å²) >= 11 is 1.67. The van der Waals surface area contributed by atoms with Gasteiger partial charge in [0, 0.05) is 15.7 Å². The predicted molar refractivity (Wildman–Crippen MR) is 162 cm³/mol. The molecule has 6 atom stereocenters. The summed E-state index contributed by atoms with van der Waals surface area (Å²) in [5, 5.41) is 0. The molecule has 0 aromatic heterocycles. The van der Waals surface area contributed by atoms with Crippen LogP contribution in [0.2, 0.25) is 0 Å². The van der Waals surface area contributed by atoms with Gasteiger partial charge in [0.05, 0.1) is 12.7 Å². The number of fused-ring (bicyclic) bond motifs is 5. The molecule has 0 saturated heterocycles. The van der Waals surface area contributed by atoms with Crippen LogP contribution in [-0.2, 0) is 19.1 Å². The fourth-order valence-corrected chi connectivity index (χ4v) is 8.97. The number of thioether (sulfide) groups is 1. The lowest BCUT2D eigenvalue weighted by Crippen LogP contribution is -2.59. The summed E-state index contributed by atoms with van der Waals surface area (Å²) < 4.78 is 17.6. The smallest absolute Gasteiger partial charge is 0.350 e. The molecule has 42 heavy (non-hydrogen) atoms. The van der Waals surface area contributed by atoms with Crippen molar-refractivity contribution in [1.29, 1.82) is 0 Å². The average molecular weight is 587 g/mol. The number of ketones is 1. The lowest BCUT2D eigenvalue weighted by Gasteiger charge is -2.57. The SMILES string of the molecule is COC(=O)C1(OC(=O)c2ccc(Oc3ccc(SC)cc3)cc2)CC[C@H]2[C@@H]3CCC4=CC(=O)C=C[C@]4(C)[C@H]3CC[C@@]21C. The number of rotatable bonds is 6. The molecule has 0 aliphatic heterocycles. The standard InChI is InChI=1S/C35H38O6S/c1-33-18-15-24(36)21-23(33)7-14-28-29(33)16-19-34(2)30(28)17-20-35(34,32(38)39-3)41-31(37)22-5-8-25(9-6-22)40-26-10-12-27(42-4)13-11-26/h5-6,8-13,15,18,21,28-30H,7,14,16-17,19-20H2,1-4H3/t28-,29+,30+,33+,34+,35?/m1/s1. The number of hydrogen-bond acceptors (Lipinski definition) is 7. The van der Waals surface area contributed by atoms with E-state index in [1.807, 2.05) is 36.6 Å². The van der Waals surface area contributed by atoms with Crippen LogP contribution in [0.15, 0.2) is 77.2 Å². The fraction of sp³-hybridized carbons (Fsp3) is 0.457. The molecule has 7 heteroatoms. The minimum atomic E-state index is -1.35. The van der Waals surface area contributed by atoms with E-state index in [-0.39, 0.29) is 17.1 Å². The van der Waals surface area contributed by atoms with Crippen LogP contribution in [0.3, 0.4) is 0 Å². The highest BCUT2D eigenvalue weighted by molar-refractivity contribution is 7.98. The van der Waals surface area contributed by atoms with E-state index >= 15 is 0 Å². The molecule has 0 radical (unpaired) electrons. The van der Waals surface area contributed by atoms with E-state index < -0.39 is 23.0 Å². The first kappa shape index (κ1) is 28.8. The van der Waals surface area contributed by atoms with Crippen molar-refractivity contribution in [3.05, 3.63) is 77.9 Å². The van der Waals surface area contributed by atoms with Crippen LogP contribution in [0, 0.1) is 28.6 Å². The molecule has 0 heterocycles. The number of esters is 2. The summed E-state index contributed by atoms with van der Waals surface area (Å²) in [6, 6.07) is 14.7. The van der Waals surface area contributed by atoms with Crippen LogP contribution < -0.4 is 4.74 Å². The first-order chi connectivity index (χ1) is 20.1. The van der Waals surface area contributed by atoms with Gasteiger partial charge in [-0.15, -0.1) is 11.8 Å². The van der Waals surface area contributed by atoms with Crippen LogP contribution in [0.1, 0.15) is 62.7 Å². The Bertz CT molecular complexity index is 1460. The zero-order chi connectivity index (χ0) is 29.7. The van der Waals surface area contributed by atoms with Gasteiger partial charge in [-0.05, 0) is 123 Å². The zero-order valence-corrected chi connectivity index (χ0v) is 25.5. The van der Waals surface area contributed by atoms with Gasteiger partial charge in [0.2, 0.25) is 5.60 Å². The number of hydrogen-bond donors (Lipinski definition) is 0. The van der Waals surface area contributed by atoms with Crippen molar-refractivity contribution in [2.45, 2.75) is 62.9 Å². The topological polar surface area (TPSA) is 78.9 Å². The van der Waals surface area contributed by atoms with Gasteiger partial charge in [0.1, 0.15) is 11.5 Å². The number of carbonyl (C=O) groups excluding carboxylic acids is 3. The first-order valence-electron chi connectivity index (χ1n) is 14.8. The van der Waals surface area contributed by atoms with Crippen molar-refractivity contribution in [2.24, 2.45) is 28.6 Å². The van der Waals surface area contributed by atoms with Crippen LogP contribution >= 0.6 is 11.8 Å². The summed E-state index contributed by atoms with van der Waals surface area (Å²) in [6.07, 6.45) is 12.4. The first-order valence-corrected chi connectivity index (χ1v) is 16.0. The molecule has 0 spiro atoms. The summed E-state index contributed by atoms with van der Waals surface area (Å²) in [4.78, 5) is 40.5. The van der Waals surface area contributed by atoms with E-state index in [0.717, 1.165) is 37.0 Å². The third-order valence-corrected chi connectivity index (χ3v) is 11.6. The Labute approximate surface area is 251 Å².